The Bertz CT molecular complexity index is 662. The monoisotopic (exact) mass is 482 g/mol. The molecule has 1 aliphatic heterocycles. The van der Waals surface area contributed by atoms with Gasteiger partial charge in [0.05, 0.1) is 24.2 Å². The highest BCUT2D eigenvalue weighted by atomic mass is 127. The van der Waals surface area contributed by atoms with Crippen LogP contribution in [0, 0.1) is 0 Å². The maximum atomic E-state index is 11.5. The smallest absolute Gasteiger partial charge is 0.213 e. The van der Waals surface area contributed by atoms with Crippen LogP contribution in [0.2, 0.25) is 0 Å². The zero-order chi connectivity index (χ0) is 17.6. The van der Waals surface area contributed by atoms with Crippen molar-refractivity contribution in [3.05, 3.63) is 23.9 Å². The molecule has 0 spiro atoms. The Hall–Kier alpha value is -1.10. The van der Waals surface area contributed by atoms with Crippen molar-refractivity contribution in [2.24, 2.45) is 4.99 Å². The van der Waals surface area contributed by atoms with Crippen LogP contribution < -0.4 is 15.4 Å². The molecule has 142 valence electrons. The van der Waals surface area contributed by atoms with Crippen molar-refractivity contribution in [1.82, 2.24) is 15.6 Å². The van der Waals surface area contributed by atoms with E-state index in [0.29, 0.717) is 31.3 Å². The van der Waals surface area contributed by atoms with Crippen LogP contribution in [0.1, 0.15) is 32.8 Å². The molecule has 1 atom stereocenters. The lowest BCUT2D eigenvalue weighted by Crippen LogP contribution is -2.44. The SMILES string of the molecule is CCNC(=NCc1ccc(OC(C)C)nc1)NC1CCS(=O)(=O)C1.I. The van der Waals surface area contributed by atoms with Crippen molar-refractivity contribution in [3.8, 4) is 5.88 Å². The third-order valence-electron chi connectivity index (χ3n) is 3.49. The Labute approximate surface area is 167 Å². The number of hydrogen-bond acceptors (Lipinski definition) is 5. The third kappa shape index (κ3) is 7.76. The second-order valence-electron chi connectivity index (χ2n) is 6.11. The summed E-state index contributed by atoms with van der Waals surface area (Å²) in [5.41, 5.74) is 0.961. The van der Waals surface area contributed by atoms with Crippen LogP contribution in [0.15, 0.2) is 23.3 Å². The van der Waals surface area contributed by atoms with Crippen molar-refractivity contribution in [3.63, 3.8) is 0 Å². The van der Waals surface area contributed by atoms with Crippen LogP contribution in [0.25, 0.3) is 0 Å². The largest absolute Gasteiger partial charge is 0.475 e. The summed E-state index contributed by atoms with van der Waals surface area (Å²) in [6, 6.07) is 3.68. The molecular weight excluding hydrogens is 455 g/mol. The zero-order valence-electron chi connectivity index (χ0n) is 14.9. The molecule has 9 heteroatoms. The summed E-state index contributed by atoms with van der Waals surface area (Å²) in [6.07, 6.45) is 2.45. The summed E-state index contributed by atoms with van der Waals surface area (Å²) in [6.45, 7) is 7.06. The number of nitrogens with zero attached hydrogens (tertiary/aromatic N) is 2. The summed E-state index contributed by atoms with van der Waals surface area (Å²) in [4.78, 5) is 8.76. The second-order valence-corrected chi connectivity index (χ2v) is 8.34. The molecule has 0 amide bonds. The van der Waals surface area contributed by atoms with E-state index in [1.807, 2.05) is 32.9 Å². The molecule has 1 aliphatic rings. The van der Waals surface area contributed by atoms with E-state index in [9.17, 15) is 8.42 Å². The molecule has 1 aromatic rings. The number of aliphatic imine (C=N–C) groups is 1. The van der Waals surface area contributed by atoms with Crippen LogP contribution >= 0.6 is 24.0 Å². The van der Waals surface area contributed by atoms with Crippen LogP contribution in [0.5, 0.6) is 5.88 Å². The highest BCUT2D eigenvalue weighted by Crippen LogP contribution is 2.12. The maximum absolute atomic E-state index is 11.5. The maximum Gasteiger partial charge on any atom is 0.213 e. The van der Waals surface area contributed by atoms with Gasteiger partial charge < -0.3 is 15.4 Å². The van der Waals surface area contributed by atoms with Gasteiger partial charge in [0.15, 0.2) is 15.8 Å². The van der Waals surface area contributed by atoms with Crippen LogP contribution in [-0.4, -0.2) is 49.6 Å². The highest BCUT2D eigenvalue weighted by Gasteiger charge is 2.28. The molecule has 25 heavy (non-hydrogen) atoms. The third-order valence-corrected chi connectivity index (χ3v) is 5.26. The zero-order valence-corrected chi connectivity index (χ0v) is 18.0. The first kappa shape index (κ1) is 21.9. The van der Waals surface area contributed by atoms with E-state index in [2.05, 4.69) is 20.6 Å². The quantitative estimate of drug-likeness (QED) is 0.365. The molecule has 2 rings (SSSR count). The Morgan fingerprint density at radius 1 is 1.44 bits per heavy atom. The molecule has 2 heterocycles. The Morgan fingerprint density at radius 3 is 2.72 bits per heavy atom. The molecule has 1 unspecified atom stereocenters. The number of guanidine groups is 1. The number of rotatable bonds is 6. The summed E-state index contributed by atoms with van der Waals surface area (Å²) < 4.78 is 28.6. The average molecular weight is 482 g/mol. The number of halogens is 1. The molecule has 1 saturated heterocycles. The topological polar surface area (TPSA) is 92.7 Å². The molecule has 1 fully saturated rings. The molecule has 0 aromatic carbocycles. The molecule has 0 aliphatic carbocycles. The van der Waals surface area contributed by atoms with E-state index >= 15 is 0 Å². The average Bonchev–Trinajstić information content (AvgIpc) is 2.85. The van der Waals surface area contributed by atoms with Crippen molar-refractivity contribution in [2.45, 2.75) is 45.9 Å². The number of sulfone groups is 1. The van der Waals surface area contributed by atoms with E-state index in [1.165, 1.54) is 0 Å². The Balaban J connectivity index is 0.00000312. The Kier molecular flexibility index (Phi) is 8.91. The summed E-state index contributed by atoms with van der Waals surface area (Å²) >= 11 is 0. The fourth-order valence-electron chi connectivity index (χ4n) is 2.41. The molecular formula is C16H27IN4O3S. The lowest BCUT2D eigenvalue weighted by Gasteiger charge is -2.15. The van der Waals surface area contributed by atoms with Crippen molar-refractivity contribution in [2.75, 3.05) is 18.1 Å². The van der Waals surface area contributed by atoms with Gasteiger partial charge in [-0.15, -0.1) is 24.0 Å². The van der Waals surface area contributed by atoms with Gasteiger partial charge in [-0.05, 0) is 32.8 Å². The van der Waals surface area contributed by atoms with Crippen molar-refractivity contribution in [1.29, 1.82) is 0 Å². The number of aromatic nitrogens is 1. The van der Waals surface area contributed by atoms with Gasteiger partial charge in [-0.25, -0.2) is 18.4 Å². The minimum absolute atomic E-state index is 0. The van der Waals surface area contributed by atoms with E-state index in [0.717, 1.165) is 5.56 Å². The van der Waals surface area contributed by atoms with E-state index in [-0.39, 0.29) is 47.6 Å². The summed E-state index contributed by atoms with van der Waals surface area (Å²) in [7, 11) is -2.91. The van der Waals surface area contributed by atoms with Gasteiger partial charge in [0.2, 0.25) is 5.88 Å². The summed E-state index contributed by atoms with van der Waals surface area (Å²) in [5, 5.41) is 6.34. The first-order chi connectivity index (χ1) is 11.4. The molecule has 7 nitrogen and oxygen atoms in total. The summed E-state index contributed by atoms with van der Waals surface area (Å²) in [5.74, 6) is 1.63. The van der Waals surface area contributed by atoms with Crippen molar-refractivity contribution < 1.29 is 13.2 Å². The van der Waals surface area contributed by atoms with E-state index < -0.39 is 9.84 Å². The minimum atomic E-state index is -2.91. The van der Waals surface area contributed by atoms with Crippen LogP contribution in [-0.2, 0) is 16.4 Å². The van der Waals surface area contributed by atoms with Gasteiger partial charge in [-0.1, -0.05) is 6.07 Å². The minimum Gasteiger partial charge on any atom is -0.475 e. The lowest BCUT2D eigenvalue weighted by molar-refractivity contribution is 0.232. The van der Waals surface area contributed by atoms with E-state index in [1.54, 1.807) is 6.20 Å². The first-order valence-corrected chi connectivity index (χ1v) is 10.1. The second kappa shape index (κ2) is 10.1. The van der Waals surface area contributed by atoms with Gasteiger partial charge in [0, 0.05) is 24.8 Å². The molecule has 0 radical (unpaired) electrons. The van der Waals surface area contributed by atoms with Crippen LogP contribution in [0.4, 0.5) is 0 Å². The lowest BCUT2D eigenvalue weighted by atomic mass is 10.2. The molecule has 1 aromatic heterocycles. The predicted octanol–water partition coefficient (Wildman–Crippen LogP) is 1.73. The van der Waals surface area contributed by atoms with Gasteiger partial charge >= 0.3 is 0 Å². The highest BCUT2D eigenvalue weighted by molar-refractivity contribution is 14.0. The predicted molar refractivity (Wildman–Crippen MR) is 110 cm³/mol. The van der Waals surface area contributed by atoms with Gasteiger partial charge in [-0.3, -0.25) is 0 Å². The van der Waals surface area contributed by atoms with Gasteiger partial charge in [-0.2, -0.15) is 0 Å². The van der Waals surface area contributed by atoms with Crippen LogP contribution in [0.3, 0.4) is 0 Å². The number of hydrogen-bond donors (Lipinski definition) is 2. The standard InChI is InChI=1S/C16H26N4O3S.HI/c1-4-17-16(20-14-7-8-24(21,22)11-14)19-10-13-5-6-15(18-9-13)23-12(2)3;/h5-6,9,12,14H,4,7-8,10-11H2,1-3H3,(H2,17,19,20);1H. The van der Waals surface area contributed by atoms with Crippen molar-refractivity contribution >= 4 is 39.8 Å². The number of pyridine rings is 1. The Morgan fingerprint density at radius 2 is 2.20 bits per heavy atom. The van der Waals surface area contributed by atoms with Gasteiger partial charge in [0.25, 0.3) is 0 Å². The first-order valence-electron chi connectivity index (χ1n) is 8.25. The molecule has 0 bridgehead atoms. The molecule has 0 saturated carbocycles. The normalized spacial score (nSPS) is 19.4. The van der Waals surface area contributed by atoms with Gasteiger partial charge in [0.1, 0.15) is 0 Å². The number of nitrogens with one attached hydrogen (secondary N) is 2. The fourth-order valence-corrected chi connectivity index (χ4v) is 4.08. The number of ether oxygens (including phenoxy) is 1. The van der Waals surface area contributed by atoms with E-state index in [4.69, 9.17) is 4.74 Å². The molecule has 2 N–H and O–H groups in total. The fraction of sp³-hybridized carbons (Fsp3) is 0.625.